The molecule has 28 heavy (non-hydrogen) atoms. The summed E-state index contributed by atoms with van der Waals surface area (Å²) in [7, 11) is 0. The summed E-state index contributed by atoms with van der Waals surface area (Å²) in [6.07, 6.45) is 0.871. The van der Waals surface area contributed by atoms with Crippen LogP contribution in [-0.2, 0) is 11.2 Å². The van der Waals surface area contributed by atoms with Gasteiger partial charge in [0.05, 0.1) is 0 Å². The van der Waals surface area contributed by atoms with Crippen molar-refractivity contribution in [3.63, 3.8) is 0 Å². The lowest BCUT2D eigenvalue weighted by Crippen LogP contribution is -2.41. The number of benzene rings is 3. The van der Waals surface area contributed by atoms with Gasteiger partial charge in [-0.2, -0.15) is 0 Å². The van der Waals surface area contributed by atoms with E-state index in [1.165, 1.54) is 5.39 Å². The maximum Gasteiger partial charge on any atom is 0.269 e. The first kappa shape index (κ1) is 17.9. The molecule has 0 bridgehead atoms. The number of amides is 2. The molecule has 0 unspecified atom stereocenters. The third-order valence-corrected chi connectivity index (χ3v) is 4.57. The van der Waals surface area contributed by atoms with E-state index >= 15 is 0 Å². The Kier molecular flexibility index (Phi) is 5.10. The third kappa shape index (κ3) is 4.06. The summed E-state index contributed by atoms with van der Waals surface area (Å²) in [6.45, 7) is 0.940. The predicted octanol–water partition coefficient (Wildman–Crippen LogP) is 3.00. The molecule has 4 rings (SSSR count). The van der Waals surface area contributed by atoms with Crippen molar-refractivity contribution >= 4 is 22.6 Å². The molecule has 0 aliphatic carbocycles. The van der Waals surface area contributed by atoms with Crippen molar-refractivity contribution in [3.8, 4) is 11.5 Å². The predicted molar refractivity (Wildman–Crippen MR) is 105 cm³/mol. The van der Waals surface area contributed by atoms with Gasteiger partial charge in [0.15, 0.2) is 11.5 Å². The van der Waals surface area contributed by atoms with E-state index in [-0.39, 0.29) is 12.3 Å². The van der Waals surface area contributed by atoms with E-state index in [9.17, 15) is 9.59 Å². The highest BCUT2D eigenvalue weighted by Gasteiger charge is 2.15. The number of fused-ring (bicyclic) bond motifs is 2. The molecule has 2 amide bonds. The average Bonchev–Trinajstić information content (AvgIpc) is 2.75. The molecule has 6 nitrogen and oxygen atoms in total. The van der Waals surface area contributed by atoms with Crippen LogP contribution in [0.25, 0.3) is 10.8 Å². The van der Waals surface area contributed by atoms with Gasteiger partial charge in [0.1, 0.15) is 13.2 Å². The van der Waals surface area contributed by atoms with Gasteiger partial charge in [-0.15, -0.1) is 0 Å². The van der Waals surface area contributed by atoms with Crippen LogP contribution in [0.15, 0.2) is 60.7 Å². The minimum absolute atomic E-state index is 0.251. The molecule has 0 radical (unpaired) electrons. The van der Waals surface area contributed by atoms with Gasteiger partial charge in [-0.25, -0.2) is 0 Å². The third-order valence-electron chi connectivity index (χ3n) is 4.57. The SMILES string of the molecule is O=C(CCc1ccc2ccccc2c1)NNC(=O)c1ccc2c(c1)OCCO2. The molecule has 0 fully saturated rings. The molecular formula is C22H20N2O4. The normalized spacial score (nSPS) is 12.4. The zero-order valence-corrected chi connectivity index (χ0v) is 15.2. The van der Waals surface area contributed by atoms with E-state index in [1.54, 1.807) is 18.2 Å². The lowest BCUT2D eigenvalue weighted by molar-refractivity contribution is -0.121. The number of aryl methyl sites for hydroxylation is 1. The molecule has 6 heteroatoms. The van der Waals surface area contributed by atoms with Gasteiger partial charge in [0.2, 0.25) is 5.91 Å². The fraction of sp³-hybridized carbons (Fsp3) is 0.182. The standard InChI is InChI=1S/C22H20N2O4/c25-21(10-6-15-5-7-16-3-1-2-4-17(16)13-15)23-24-22(26)18-8-9-19-20(14-18)28-12-11-27-19/h1-5,7-9,13-14H,6,10-12H2,(H,23,25)(H,24,26). The quantitative estimate of drug-likeness (QED) is 0.687. The van der Waals surface area contributed by atoms with Gasteiger partial charge < -0.3 is 9.47 Å². The first-order valence-corrected chi connectivity index (χ1v) is 9.15. The van der Waals surface area contributed by atoms with E-state index in [0.717, 1.165) is 10.9 Å². The molecule has 1 heterocycles. The minimum atomic E-state index is -0.406. The average molecular weight is 376 g/mol. The lowest BCUT2D eigenvalue weighted by Gasteiger charge is -2.18. The first-order chi connectivity index (χ1) is 13.7. The Balaban J connectivity index is 1.29. The van der Waals surface area contributed by atoms with Crippen LogP contribution in [0.1, 0.15) is 22.3 Å². The summed E-state index contributed by atoms with van der Waals surface area (Å²) in [6, 6.07) is 19.2. The van der Waals surface area contributed by atoms with Crippen molar-refractivity contribution in [2.24, 2.45) is 0 Å². The summed E-state index contributed by atoms with van der Waals surface area (Å²) in [5.74, 6) is 0.485. The summed E-state index contributed by atoms with van der Waals surface area (Å²) in [5, 5.41) is 2.31. The number of ether oxygens (including phenoxy) is 2. The van der Waals surface area contributed by atoms with Crippen LogP contribution in [0.3, 0.4) is 0 Å². The molecule has 3 aromatic rings. The van der Waals surface area contributed by atoms with Crippen molar-refractivity contribution < 1.29 is 19.1 Å². The number of hydrazine groups is 1. The Bertz CT molecular complexity index is 1030. The molecule has 0 aromatic heterocycles. The smallest absolute Gasteiger partial charge is 0.269 e. The Hall–Kier alpha value is -3.54. The van der Waals surface area contributed by atoms with E-state index in [4.69, 9.17) is 9.47 Å². The second-order valence-corrected chi connectivity index (χ2v) is 6.54. The van der Waals surface area contributed by atoms with Crippen LogP contribution in [0.4, 0.5) is 0 Å². The van der Waals surface area contributed by atoms with E-state index < -0.39 is 5.91 Å². The van der Waals surface area contributed by atoms with Gasteiger partial charge in [-0.3, -0.25) is 20.4 Å². The van der Waals surface area contributed by atoms with Gasteiger partial charge in [-0.1, -0.05) is 42.5 Å². The van der Waals surface area contributed by atoms with Crippen molar-refractivity contribution in [2.45, 2.75) is 12.8 Å². The molecule has 2 N–H and O–H groups in total. The van der Waals surface area contributed by atoms with Crippen LogP contribution in [0, 0.1) is 0 Å². The molecule has 3 aromatic carbocycles. The second-order valence-electron chi connectivity index (χ2n) is 6.54. The zero-order chi connectivity index (χ0) is 19.3. The number of rotatable bonds is 4. The number of nitrogens with one attached hydrogen (secondary N) is 2. The maximum atomic E-state index is 12.2. The lowest BCUT2D eigenvalue weighted by atomic mass is 10.0. The number of carbonyl (C=O) groups excluding carboxylic acids is 2. The summed E-state index contributed by atoms with van der Waals surface area (Å²) < 4.78 is 10.9. The van der Waals surface area contributed by atoms with Crippen LogP contribution < -0.4 is 20.3 Å². The van der Waals surface area contributed by atoms with Crippen molar-refractivity contribution in [1.29, 1.82) is 0 Å². The highest BCUT2D eigenvalue weighted by molar-refractivity contribution is 5.96. The molecule has 0 saturated carbocycles. The highest BCUT2D eigenvalue weighted by atomic mass is 16.6. The summed E-state index contributed by atoms with van der Waals surface area (Å²) >= 11 is 0. The van der Waals surface area contributed by atoms with Crippen LogP contribution in [0.5, 0.6) is 11.5 Å². The van der Waals surface area contributed by atoms with E-state index in [0.29, 0.717) is 36.7 Å². The summed E-state index contributed by atoms with van der Waals surface area (Å²) in [4.78, 5) is 24.3. The van der Waals surface area contributed by atoms with Crippen molar-refractivity contribution in [2.75, 3.05) is 13.2 Å². The van der Waals surface area contributed by atoms with Gasteiger partial charge in [0.25, 0.3) is 5.91 Å². The van der Waals surface area contributed by atoms with Crippen molar-refractivity contribution in [1.82, 2.24) is 10.9 Å². The largest absolute Gasteiger partial charge is 0.486 e. The molecule has 142 valence electrons. The Labute approximate surface area is 162 Å². The topological polar surface area (TPSA) is 76.7 Å². The second kappa shape index (κ2) is 8.00. The molecule has 0 atom stereocenters. The number of hydrogen-bond acceptors (Lipinski definition) is 4. The Morgan fingerprint density at radius 1 is 0.821 bits per heavy atom. The molecule has 1 aliphatic heterocycles. The summed E-state index contributed by atoms with van der Waals surface area (Å²) in [5.41, 5.74) is 6.36. The van der Waals surface area contributed by atoms with Crippen LogP contribution >= 0.6 is 0 Å². The van der Waals surface area contributed by atoms with Gasteiger partial charge in [0, 0.05) is 12.0 Å². The highest BCUT2D eigenvalue weighted by Crippen LogP contribution is 2.30. The Morgan fingerprint density at radius 2 is 1.61 bits per heavy atom. The molecule has 1 aliphatic rings. The fourth-order valence-electron chi connectivity index (χ4n) is 3.10. The first-order valence-electron chi connectivity index (χ1n) is 9.15. The maximum absolute atomic E-state index is 12.2. The van der Waals surface area contributed by atoms with E-state index in [1.807, 2.05) is 30.3 Å². The van der Waals surface area contributed by atoms with Crippen LogP contribution in [0.2, 0.25) is 0 Å². The molecule has 0 spiro atoms. The zero-order valence-electron chi connectivity index (χ0n) is 15.2. The van der Waals surface area contributed by atoms with Gasteiger partial charge >= 0.3 is 0 Å². The minimum Gasteiger partial charge on any atom is -0.486 e. The van der Waals surface area contributed by atoms with Gasteiger partial charge in [-0.05, 0) is 41.0 Å². The fourth-order valence-corrected chi connectivity index (χ4v) is 3.10. The monoisotopic (exact) mass is 376 g/mol. The Morgan fingerprint density at radius 3 is 2.46 bits per heavy atom. The van der Waals surface area contributed by atoms with Crippen LogP contribution in [-0.4, -0.2) is 25.0 Å². The van der Waals surface area contributed by atoms with Crippen molar-refractivity contribution in [3.05, 3.63) is 71.8 Å². The number of carbonyl (C=O) groups is 2. The molecular weight excluding hydrogens is 356 g/mol. The van der Waals surface area contributed by atoms with E-state index in [2.05, 4.69) is 23.0 Å². The number of hydrogen-bond donors (Lipinski definition) is 2. The molecule has 0 saturated heterocycles.